The van der Waals surface area contributed by atoms with Gasteiger partial charge in [-0.15, -0.1) is 0 Å². The quantitative estimate of drug-likeness (QED) is 0.774. The lowest BCUT2D eigenvalue weighted by molar-refractivity contribution is -0.126. The molecule has 1 aliphatic heterocycles. The van der Waals surface area contributed by atoms with Crippen LogP contribution in [0.3, 0.4) is 0 Å². The summed E-state index contributed by atoms with van der Waals surface area (Å²) in [4.78, 5) is 30.6. The third-order valence-electron chi connectivity index (χ3n) is 5.06. The molecule has 0 bridgehead atoms. The van der Waals surface area contributed by atoms with Gasteiger partial charge in [0.15, 0.2) is 0 Å². The number of piperidine rings is 1. The molecule has 1 saturated carbocycles. The second kappa shape index (κ2) is 8.18. The molecule has 1 aromatic heterocycles. The van der Waals surface area contributed by atoms with Crippen molar-refractivity contribution >= 4 is 11.9 Å². The van der Waals surface area contributed by atoms with Crippen LogP contribution in [0.5, 0.6) is 5.75 Å². The average molecular weight is 346 g/mol. The molecule has 3 amide bonds. The van der Waals surface area contributed by atoms with E-state index >= 15 is 0 Å². The Morgan fingerprint density at radius 3 is 2.80 bits per heavy atom. The zero-order valence-corrected chi connectivity index (χ0v) is 14.4. The van der Waals surface area contributed by atoms with E-state index in [0.29, 0.717) is 18.8 Å². The molecule has 136 valence electrons. The van der Waals surface area contributed by atoms with Crippen molar-refractivity contribution in [1.82, 2.24) is 20.5 Å². The number of urea groups is 1. The molecule has 0 radical (unpaired) electrons. The van der Waals surface area contributed by atoms with E-state index in [1.807, 2.05) is 0 Å². The Morgan fingerprint density at radius 1 is 1.24 bits per heavy atom. The van der Waals surface area contributed by atoms with Gasteiger partial charge in [0.25, 0.3) is 0 Å². The minimum Gasteiger partial charge on any atom is -0.506 e. The minimum absolute atomic E-state index is 0.0493. The van der Waals surface area contributed by atoms with Crippen LogP contribution in [0.25, 0.3) is 0 Å². The predicted molar refractivity (Wildman–Crippen MR) is 92.8 cm³/mol. The molecular weight excluding hydrogens is 320 g/mol. The predicted octanol–water partition coefficient (Wildman–Crippen LogP) is 1.77. The first-order chi connectivity index (χ1) is 12.1. The number of rotatable bonds is 4. The topological polar surface area (TPSA) is 94.6 Å². The molecule has 7 nitrogen and oxygen atoms in total. The Kier molecular flexibility index (Phi) is 5.73. The highest BCUT2D eigenvalue weighted by Crippen LogP contribution is 2.20. The van der Waals surface area contributed by atoms with Gasteiger partial charge < -0.3 is 20.6 Å². The summed E-state index contributed by atoms with van der Waals surface area (Å²) in [6.45, 7) is 1.33. The molecule has 3 N–H and O–H groups in total. The van der Waals surface area contributed by atoms with Gasteiger partial charge in [-0.3, -0.25) is 9.78 Å². The van der Waals surface area contributed by atoms with E-state index < -0.39 is 0 Å². The zero-order valence-electron chi connectivity index (χ0n) is 14.4. The number of carbonyl (C=O) groups is 2. The fraction of sp³-hybridized carbons (Fsp3) is 0.611. The number of carbonyl (C=O) groups excluding carboxylic acids is 2. The van der Waals surface area contributed by atoms with Crippen LogP contribution in [0.4, 0.5) is 4.79 Å². The Hall–Kier alpha value is -2.31. The molecule has 1 aromatic rings. The first-order valence-corrected chi connectivity index (χ1v) is 9.09. The first kappa shape index (κ1) is 17.5. The molecule has 2 aliphatic rings. The van der Waals surface area contributed by atoms with Gasteiger partial charge in [0.05, 0.1) is 12.5 Å². The van der Waals surface area contributed by atoms with Crippen molar-refractivity contribution < 1.29 is 14.7 Å². The summed E-state index contributed by atoms with van der Waals surface area (Å²) in [6.07, 6.45) is 7.63. The standard InChI is InChI=1S/C18H26N4O3/c23-16-8-3-9-19-15(16)11-20-17(24)13-5-4-10-22(12-13)18(25)21-14-6-1-2-7-14/h3,8-9,13-14,23H,1-2,4-7,10-12H2,(H,20,24)(H,21,25). The maximum Gasteiger partial charge on any atom is 0.317 e. The van der Waals surface area contributed by atoms with Crippen molar-refractivity contribution in [2.24, 2.45) is 5.92 Å². The van der Waals surface area contributed by atoms with E-state index in [0.717, 1.165) is 25.7 Å². The van der Waals surface area contributed by atoms with Crippen LogP contribution >= 0.6 is 0 Å². The second-order valence-corrected chi connectivity index (χ2v) is 6.90. The molecule has 1 unspecified atom stereocenters. The second-order valence-electron chi connectivity index (χ2n) is 6.90. The maximum absolute atomic E-state index is 12.4. The Morgan fingerprint density at radius 2 is 2.04 bits per heavy atom. The number of aromatic hydroxyl groups is 1. The highest BCUT2D eigenvalue weighted by molar-refractivity contribution is 5.81. The number of nitrogens with one attached hydrogen (secondary N) is 2. The molecule has 0 spiro atoms. The van der Waals surface area contributed by atoms with E-state index in [1.165, 1.54) is 12.8 Å². The van der Waals surface area contributed by atoms with Gasteiger partial charge in [0.1, 0.15) is 11.4 Å². The number of hydrogen-bond acceptors (Lipinski definition) is 4. The van der Waals surface area contributed by atoms with Crippen LogP contribution in [-0.2, 0) is 11.3 Å². The number of pyridine rings is 1. The van der Waals surface area contributed by atoms with Crippen LogP contribution in [0.1, 0.15) is 44.2 Å². The summed E-state index contributed by atoms with van der Waals surface area (Å²) in [7, 11) is 0. The summed E-state index contributed by atoms with van der Waals surface area (Å²) >= 11 is 0. The van der Waals surface area contributed by atoms with E-state index in [2.05, 4.69) is 15.6 Å². The fourth-order valence-corrected chi connectivity index (χ4v) is 3.59. The van der Waals surface area contributed by atoms with Crippen molar-refractivity contribution in [3.63, 3.8) is 0 Å². The third-order valence-corrected chi connectivity index (χ3v) is 5.06. The Bertz CT molecular complexity index is 616. The van der Waals surface area contributed by atoms with Gasteiger partial charge in [0, 0.05) is 25.3 Å². The normalized spacial score (nSPS) is 21.1. The van der Waals surface area contributed by atoms with Gasteiger partial charge in [-0.25, -0.2) is 4.79 Å². The number of hydrogen-bond donors (Lipinski definition) is 3. The van der Waals surface area contributed by atoms with E-state index in [4.69, 9.17) is 0 Å². The minimum atomic E-state index is -0.214. The van der Waals surface area contributed by atoms with Crippen LogP contribution in [0, 0.1) is 5.92 Å². The smallest absolute Gasteiger partial charge is 0.317 e. The van der Waals surface area contributed by atoms with Crippen LogP contribution in [0.2, 0.25) is 0 Å². The van der Waals surface area contributed by atoms with Crippen LogP contribution in [0.15, 0.2) is 18.3 Å². The van der Waals surface area contributed by atoms with Crippen LogP contribution < -0.4 is 10.6 Å². The van der Waals surface area contributed by atoms with Gasteiger partial charge in [-0.1, -0.05) is 12.8 Å². The highest BCUT2D eigenvalue weighted by Gasteiger charge is 2.29. The van der Waals surface area contributed by atoms with Gasteiger partial charge in [-0.2, -0.15) is 0 Å². The van der Waals surface area contributed by atoms with E-state index in [1.54, 1.807) is 23.2 Å². The van der Waals surface area contributed by atoms with E-state index in [9.17, 15) is 14.7 Å². The summed E-state index contributed by atoms with van der Waals surface area (Å²) in [5.41, 5.74) is 0.447. The summed E-state index contributed by atoms with van der Waals surface area (Å²) in [5.74, 6) is -0.235. The maximum atomic E-state index is 12.4. The molecule has 7 heteroatoms. The highest BCUT2D eigenvalue weighted by atomic mass is 16.3. The van der Waals surface area contributed by atoms with Crippen molar-refractivity contribution in [2.45, 2.75) is 51.1 Å². The lowest BCUT2D eigenvalue weighted by Gasteiger charge is -2.33. The number of aromatic nitrogens is 1. The van der Waals surface area contributed by atoms with E-state index in [-0.39, 0.29) is 36.2 Å². The summed E-state index contributed by atoms with van der Waals surface area (Å²) in [6, 6.07) is 3.42. The fourth-order valence-electron chi connectivity index (χ4n) is 3.59. The lowest BCUT2D eigenvalue weighted by Crippen LogP contribution is -2.50. The SMILES string of the molecule is O=C(NCc1ncccc1O)C1CCCN(C(=O)NC2CCCC2)C1. The summed E-state index contributed by atoms with van der Waals surface area (Å²) in [5, 5.41) is 15.6. The third kappa shape index (κ3) is 4.61. The van der Waals surface area contributed by atoms with Gasteiger partial charge in [-0.05, 0) is 37.8 Å². The number of amides is 3. The molecule has 1 atom stereocenters. The van der Waals surface area contributed by atoms with Crippen LogP contribution in [-0.4, -0.2) is 46.1 Å². The van der Waals surface area contributed by atoms with Crippen molar-refractivity contribution in [2.75, 3.05) is 13.1 Å². The monoisotopic (exact) mass is 346 g/mol. The zero-order chi connectivity index (χ0) is 17.6. The van der Waals surface area contributed by atoms with Crippen molar-refractivity contribution in [3.05, 3.63) is 24.0 Å². The molecule has 1 saturated heterocycles. The Balaban J connectivity index is 1.49. The molecular formula is C18H26N4O3. The average Bonchev–Trinajstić information content (AvgIpc) is 3.14. The van der Waals surface area contributed by atoms with Gasteiger partial charge >= 0.3 is 6.03 Å². The number of likely N-dealkylation sites (tertiary alicyclic amines) is 1. The molecule has 0 aromatic carbocycles. The van der Waals surface area contributed by atoms with Crippen molar-refractivity contribution in [1.29, 1.82) is 0 Å². The molecule has 2 heterocycles. The largest absolute Gasteiger partial charge is 0.506 e. The lowest BCUT2D eigenvalue weighted by atomic mass is 9.97. The molecule has 1 aliphatic carbocycles. The summed E-state index contributed by atoms with van der Waals surface area (Å²) < 4.78 is 0. The van der Waals surface area contributed by atoms with Gasteiger partial charge in [0.2, 0.25) is 5.91 Å². The molecule has 2 fully saturated rings. The Labute approximate surface area is 147 Å². The molecule has 25 heavy (non-hydrogen) atoms. The molecule has 3 rings (SSSR count). The first-order valence-electron chi connectivity index (χ1n) is 9.09. The van der Waals surface area contributed by atoms with Crippen molar-refractivity contribution in [3.8, 4) is 5.75 Å². The number of nitrogens with zero attached hydrogens (tertiary/aromatic N) is 2.